The van der Waals surface area contributed by atoms with E-state index in [0.717, 1.165) is 12.8 Å². The highest BCUT2D eigenvalue weighted by Gasteiger charge is 2.17. The van der Waals surface area contributed by atoms with Crippen molar-refractivity contribution in [2.75, 3.05) is 0 Å². The Morgan fingerprint density at radius 1 is 1.15 bits per heavy atom. The van der Waals surface area contributed by atoms with Gasteiger partial charge in [-0.15, -0.1) is 0 Å². The Labute approximate surface area is 121 Å². The van der Waals surface area contributed by atoms with Gasteiger partial charge in [0.15, 0.2) is 0 Å². The molecule has 1 unspecified atom stereocenters. The molecule has 1 heteroatoms. The van der Waals surface area contributed by atoms with Crippen LogP contribution in [0.1, 0.15) is 36.9 Å². The summed E-state index contributed by atoms with van der Waals surface area (Å²) in [5.41, 5.74) is 6.88. The van der Waals surface area contributed by atoms with Gasteiger partial charge in [-0.25, -0.2) is 0 Å². The molecule has 0 fully saturated rings. The lowest BCUT2D eigenvalue weighted by Gasteiger charge is -2.25. The van der Waals surface area contributed by atoms with Crippen molar-refractivity contribution < 1.29 is 0 Å². The molecular weight excluding hydrogens is 242 g/mol. The molecule has 0 amide bonds. The summed E-state index contributed by atoms with van der Waals surface area (Å²) >= 11 is 0. The zero-order valence-electron chi connectivity index (χ0n) is 12.2. The second-order valence-electron chi connectivity index (χ2n) is 5.57. The maximum absolute atomic E-state index is 3.55. The number of nitrogens with one attached hydrogen (secondary N) is 1. The van der Waals surface area contributed by atoms with Gasteiger partial charge in [0.1, 0.15) is 0 Å². The number of dihydropyridines is 1. The number of aryl methyl sites for hydroxylation is 1. The first-order valence-corrected chi connectivity index (χ1v) is 7.32. The summed E-state index contributed by atoms with van der Waals surface area (Å²) < 4.78 is 0. The topological polar surface area (TPSA) is 12.0 Å². The lowest BCUT2D eigenvalue weighted by atomic mass is 9.88. The average molecular weight is 263 g/mol. The minimum atomic E-state index is 0.291. The monoisotopic (exact) mass is 263 g/mol. The van der Waals surface area contributed by atoms with E-state index in [1.165, 1.54) is 27.8 Å². The molecule has 0 saturated heterocycles. The van der Waals surface area contributed by atoms with Gasteiger partial charge in [-0.2, -0.15) is 0 Å². The third kappa shape index (κ3) is 2.49. The maximum Gasteiger partial charge on any atom is 0.0701 e. The van der Waals surface area contributed by atoms with E-state index in [1.54, 1.807) is 0 Å². The molecule has 1 aliphatic carbocycles. The van der Waals surface area contributed by atoms with Crippen LogP contribution in [-0.2, 0) is 0 Å². The van der Waals surface area contributed by atoms with Crippen LogP contribution in [-0.4, -0.2) is 0 Å². The van der Waals surface area contributed by atoms with Gasteiger partial charge in [0.05, 0.1) is 6.04 Å². The van der Waals surface area contributed by atoms with Gasteiger partial charge in [0, 0.05) is 6.20 Å². The van der Waals surface area contributed by atoms with Crippen molar-refractivity contribution in [3.63, 3.8) is 0 Å². The fraction of sp³-hybridized carbons (Fsp3) is 0.263. The van der Waals surface area contributed by atoms with Crippen molar-refractivity contribution in [2.24, 2.45) is 0 Å². The summed E-state index contributed by atoms with van der Waals surface area (Å²) in [4.78, 5) is 0. The van der Waals surface area contributed by atoms with Crippen LogP contribution in [0.25, 0.3) is 0 Å². The van der Waals surface area contributed by atoms with Crippen LogP contribution >= 0.6 is 0 Å². The zero-order chi connectivity index (χ0) is 13.9. The third-order valence-corrected chi connectivity index (χ3v) is 4.13. The molecule has 0 spiro atoms. The molecule has 0 bridgehead atoms. The van der Waals surface area contributed by atoms with Crippen LogP contribution in [0.3, 0.4) is 0 Å². The molecule has 0 radical (unpaired) electrons. The molecule has 1 aliphatic heterocycles. The van der Waals surface area contributed by atoms with Crippen molar-refractivity contribution in [2.45, 2.75) is 32.7 Å². The predicted octanol–water partition coefficient (Wildman–Crippen LogP) is 4.75. The van der Waals surface area contributed by atoms with E-state index in [0.29, 0.717) is 6.04 Å². The molecule has 1 aromatic carbocycles. The van der Waals surface area contributed by atoms with Crippen molar-refractivity contribution in [1.82, 2.24) is 5.32 Å². The summed E-state index contributed by atoms with van der Waals surface area (Å²) in [6.07, 6.45) is 13.5. The van der Waals surface area contributed by atoms with Crippen LogP contribution in [0.4, 0.5) is 0 Å². The first-order valence-electron chi connectivity index (χ1n) is 7.32. The number of hydrogen-bond acceptors (Lipinski definition) is 1. The fourth-order valence-corrected chi connectivity index (χ4v) is 2.96. The maximum atomic E-state index is 3.55. The molecule has 3 rings (SSSR count). The molecule has 2 aliphatic rings. The second-order valence-corrected chi connectivity index (χ2v) is 5.57. The van der Waals surface area contributed by atoms with Crippen molar-refractivity contribution in [3.05, 3.63) is 82.6 Å². The Balaban J connectivity index is 1.86. The van der Waals surface area contributed by atoms with E-state index in [4.69, 9.17) is 0 Å². The summed E-state index contributed by atoms with van der Waals surface area (Å²) in [5, 5.41) is 3.55. The molecule has 0 aromatic heterocycles. The van der Waals surface area contributed by atoms with Crippen molar-refractivity contribution >= 4 is 0 Å². The number of hydrogen-bond donors (Lipinski definition) is 1. The molecular formula is C19H21N. The quantitative estimate of drug-likeness (QED) is 0.812. The highest BCUT2D eigenvalue weighted by Crippen LogP contribution is 2.31. The number of benzene rings is 1. The Hall–Kier alpha value is -2.02. The minimum absolute atomic E-state index is 0.291. The van der Waals surface area contributed by atoms with Crippen molar-refractivity contribution in [1.29, 1.82) is 0 Å². The minimum Gasteiger partial charge on any atom is -0.380 e. The van der Waals surface area contributed by atoms with E-state index < -0.39 is 0 Å². The zero-order valence-corrected chi connectivity index (χ0v) is 12.2. The summed E-state index contributed by atoms with van der Waals surface area (Å²) in [5.74, 6) is 0. The molecule has 1 aromatic rings. The molecule has 1 nitrogen and oxygen atoms in total. The van der Waals surface area contributed by atoms with Crippen LogP contribution in [0.2, 0.25) is 0 Å². The van der Waals surface area contributed by atoms with E-state index in [2.05, 4.69) is 73.9 Å². The highest BCUT2D eigenvalue weighted by atomic mass is 14.9. The smallest absolute Gasteiger partial charge is 0.0701 e. The molecule has 0 saturated carbocycles. The van der Waals surface area contributed by atoms with Gasteiger partial charge in [-0.05, 0) is 54.5 Å². The Kier molecular flexibility index (Phi) is 3.60. The van der Waals surface area contributed by atoms with Gasteiger partial charge in [-0.1, -0.05) is 48.6 Å². The Morgan fingerprint density at radius 2 is 2.00 bits per heavy atom. The first-order chi connectivity index (χ1) is 9.75. The SMILES string of the molecule is CC1=CC(c2ccccc2C)NC=C1C1=CC=CCC1. The number of rotatable bonds is 2. The molecule has 1 N–H and O–H groups in total. The highest BCUT2D eigenvalue weighted by molar-refractivity contribution is 5.51. The number of allylic oxidation sites excluding steroid dienone is 6. The largest absolute Gasteiger partial charge is 0.380 e. The molecule has 1 atom stereocenters. The van der Waals surface area contributed by atoms with Crippen LogP contribution in [0.15, 0.2) is 71.5 Å². The summed E-state index contributed by atoms with van der Waals surface area (Å²) in [6.45, 7) is 4.39. The fourth-order valence-electron chi connectivity index (χ4n) is 2.96. The van der Waals surface area contributed by atoms with E-state index in [1.807, 2.05) is 0 Å². The molecule has 1 heterocycles. The van der Waals surface area contributed by atoms with E-state index in [9.17, 15) is 0 Å². The van der Waals surface area contributed by atoms with Crippen LogP contribution in [0, 0.1) is 6.92 Å². The first kappa shape index (κ1) is 13.0. The van der Waals surface area contributed by atoms with Crippen LogP contribution < -0.4 is 5.32 Å². The summed E-state index contributed by atoms with van der Waals surface area (Å²) in [6, 6.07) is 8.88. The lowest BCUT2D eigenvalue weighted by Crippen LogP contribution is -2.20. The third-order valence-electron chi connectivity index (χ3n) is 4.13. The average Bonchev–Trinajstić information content (AvgIpc) is 2.48. The van der Waals surface area contributed by atoms with E-state index in [-0.39, 0.29) is 0 Å². The van der Waals surface area contributed by atoms with Gasteiger partial charge in [0.25, 0.3) is 0 Å². The Morgan fingerprint density at radius 3 is 2.70 bits per heavy atom. The normalized spacial score (nSPS) is 21.7. The molecule has 102 valence electrons. The van der Waals surface area contributed by atoms with Gasteiger partial charge >= 0.3 is 0 Å². The van der Waals surface area contributed by atoms with E-state index >= 15 is 0 Å². The second kappa shape index (κ2) is 5.54. The standard InChI is InChI=1S/C19H21N/c1-14-8-6-7-11-17(14)19-12-15(2)18(13-20-19)16-9-4-3-5-10-16/h3-4,6-9,11-13,19-20H,5,10H2,1-2H3. The predicted molar refractivity (Wildman–Crippen MR) is 85.4 cm³/mol. The van der Waals surface area contributed by atoms with Crippen LogP contribution in [0.5, 0.6) is 0 Å². The van der Waals surface area contributed by atoms with Gasteiger partial charge in [-0.3, -0.25) is 0 Å². The Bertz CT molecular complexity index is 629. The van der Waals surface area contributed by atoms with Gasteiger partial charge in [0.2, 0.25) is 0 Å². The molecule has 20 heavy (non-hydrogen) atoms. The van der Waals surface area contributed by atoms with Crippen molar-refractivity contribution in [3.8, 4) is 0 Å². The van der Waals surface area contributed by atoms with Gasteiger partial charge < -0.3 is 5.32 Å². The lowest BCUT2D eigenvalue weighted by molar-refractivity contribution is 0.724. The summed E-state index contributed by atoms with van der Waals surface area (Å²) in [7, 11) is 0.